The Labute approximate surface area is 182 Å². The van der Waals surface area contributed by atoms with Crippen molar-refractivity contribution in [1.82, 2.24) is 10.4 Å². The van der Waals surface area contributed by atoms with E-state index in [-0.39, 0.29) is 17.7 Å². The molecule has 2 heterocycles. The van der Waals surface area contributed by atoms with Gasteiger partial charge in [-0.25, -0.2) is 8.78 Å². The molecule has 2 aromatic carbocycles. The van der Waals surface area contributed by atoms with Gasteiger partial charge in [-0.3, -0.25) is 15.2 Å². The molecule has 3 atom stereocenters. The second-order valence-corrected chi connectivity index (χ2v) is 8.35. The maximum atomic E-state index is 13.6. The number of rotatable bonds is 7. The molecule has 1 N–H and O–H groups in total. The molecule has 0 radical (unpaired) electrons. The molecule has 31 heavy (non-hydrogen) atoms. The van der Waals surface area contributed by atoms with Crippen molar-refractivity contribution >= 4 is 0 Å². The van der Waals surface area contributed by atoms with E-state index >= 15 is 0 Å². The van der Waals surface area contributed by atoms with Gasteiger partial charge >= 0.3 is 0 Å². The molecule has 1 unspecified atom stereocenters. The Hall–Kier alpha value is -2.28. The van der Waals surface area contributed by atoms with E-state index in [0.717, 1.165) is 42.5 Å². The van der Waals surface area contributed by atoms with Crippen molar-refractivity contribution in [1.29, 1.82) is 0 Å². The molecule has 0 aromatic heterocycles. The van der Waals surface area contributed by atoms with Crippen molar-refractivity contribution in [3.8, 4) is 0 Å². The molecule has 4 nitrogen and oxygen atoms in total. The van der Waals surface area contributed by atoms with E-state index in [2.05, 4.69) is 24.4 Å². The molecule has 0 amide bonds. The summed E-state index contributed by atoms with van der Waals surface area (Å²) in [4.78, 5) is 7.71. The summed E-state index contributed by atoms with van der Waals surface area (Å²) in [7, 11) is 3.80. The molecule has 2 saturated heterocycles. The number of hydroxylamine groups is 1. The average molecular weight is 429 g/mol. The average Bonchev–Trinajstić information content (AvgIpc) is 3.01. The van der Waals surface area contributed by atoms with Gasteiger partial charge in [-0.15, -0.1) is 0 Å². The predicted molar refractivity (Wildman–Crippen MR) is 116 cm³/mol. The largest absolute Gasteiger partial charge is 0.361 e. The van der Waals surface area contributed by atoms with Gasteiger partial charge in [0.1, 0.15) is 17.7 Å². The number of fused-ring (bicyclic) bond motifs is 2. The number of halogens is 2. The van der Waals surface area contributed by atoms with E-state index in [9.17, 15) is 8.78 Å². The van der Waals surface area contributed by atoms with Crippen LogP contribution in [-0.2, 0) is 9.57 Å². The highest BCUT2D eigenvalue weighted by atomic mass is 19.1. The first-order valence-corrected chi connectivity index (χ1v) is 10.9. The molecule has 2 bridgehead atoms. The van der Waals surface area contributed by atoms with Gasteiger partial charge in [-0.2, -0.15) is 0 Å². The molecule has 2 aliphatic rings. The first-order chi connectivity index (χ1) is 15.0. The molecule has 2 aliphatic heterocycles. The fraction of sp³-hybridized carbons (Fsp3) is 0.440. The smallest absolute Gasteiger partial charge is 0.123 e. The van der Waals surface area contributed by atoms with E-state index in [0.29, 0.717) is 12.1 Å². The van der Waals surface area contributed by atoms with Crippen molar-refractivity contribution in [2.24, 2.45) is 0 Å². The van der Waals surface area contributed by atoms with E-state index < -0.39 is 6.10 Å². The minimum atomic E-state index is -0.426. The molecule has 166 valence electrons. The molecular formula is C25H30F2N2O2. The lowest BCUT2D eigenvalue weighted by Crippen LogP contribution is -2.46. The zero-order valence-corrected chi connectivity index (χ0v) is 18.3. The summed E-state index contributed by atoms with van der Waals surface area (Å²) in [5, 5.41) is 0. The lowest BCUT2D eigenvalue weighted by molar-refractivity contribution is -0.0119. The van der Waals surface area contributed by atoms with Gasteiger partial charge in [0, 0.05) is 17.8 Å². The van der Waals surface area contributed by atoms with E-state index in [1.807, 2.05) is 0 Å². The third-order valence-corrected chi connectivity index (χ3v) is 6.61. The van der Waals surface area contributed by atoms with Crippen LogP contribution < -0.4 is 5.48 Å². The summed E-state index contributed by atoms with van der Waals surface area (Å²) in [6.45, 7) is 2.10. The fourth-order valence-electron chi connectivity index (χ4n) is 5.03. The van der Waals surface area contributed by atoms with Crippen LogP contribution in [0.4, 0.5) is 8.78 Å². The number of nitrogens with zero attached hydrogens (tertiary/aromatic N) is 1. The standard InChI is InChI=1S/C25H30F2N2O2/c1-4-21(28-30-3)24-22-14-13-20(29(22)2)15-23(24)31-25(16-5-9-18(26)10-6-16)17-7-11-19(27)12-8-17/h5-12,20,22-23,25,28H,4,13-15H2,1-3H3/t20?,22-,23+/m0/s1. The molecule has 0 saturated carbocycles. The number of benzene rings is 2. The Morgan fingerprint density at radius 3 is 2.13 bits per heavy atom. The van der Waals surface area contributed by atoms with Crippen LogP contribution in [0.25, 0.3) is 0 Å². The highest BCUT2D eigenvalue weighted by Gasteiger charge is 2.44. The monoisotopic (exact) mass is 428 g/mol. The van der Waals surface area contributed by atoms with Gasteiger partial charge in [-0.05, 0) is 73.7 Å². The molecule has 0 spiro atoms. The summed E-state index contributed by atoms with van der Waals surface area (Å²) >= 11 is 0. The molecule has 0 aliphatic carbocycles. The number of allylic oxidation sites excluding steroid dienone is 1. The Balaban J connectivity index is 1.73. The van der Waals surface area contributed by atoms with Gasteiger partial charge in [0.15, 0.2) is 0 Å². The van der Waals surface area contributed by atoms with Crippen LogP contribution in [0.3, 0.4) is 0 Å². The van der Waals surface area contributed by atoms with Crippen LogP contribution >= 0.6 is 0 Å². The minimum Gasteiger partial charge on any atom is -0.361 e. The lowest BCUT2D eigenvalue weighted by atomic mass is 9.90. The van der Waals surface area contributed by atoms with Crippen molar-refractivity contribution < 1.29 is 18.4 Å². The van der Waals surface area contributed by atoms with Crippen LogP contribution in [0, 0.1) is 11.6 Å². The molecule has 6 heteroatoms. The maximum absolute atomic E-state index is 13.6. The number of nitrogens with one attached hydrogen (secondary N) is 1. The molecular weight excluding hydrogens is 398 g/mol. The quantitative estimate of drug-likeness (QED) is 0.621. The van der Waals surface area contributed by atoms with Crippen molar-refractivity contribution in [3.63, 3.8) is 0 Å². The Morgan fingerprint density at radius 1 is 1.03 bits per heavy atom. The van der Waals surface area contributed by atoms with E-state index in [1.165, 1.54) is 29.8 Å². The van der Waals surface area contributed by atoms with Crippen LogP contribution in [0.1, 0.15) is 49.8 Å². The Morgan fingerprint density at radius 2 is 1.61 bits per heavy atom. The summed E-state index contributed by atoms with van der Waals surface area (Å²) < 4.78 is 34.0. The summed E-state index contributed by atoms with van der Waals surface area (Å²) in [6.07, 6.45) is 3.34. The van der Waals surface area contributed by atoms with E-state index in [4.69, 9.17) is 9.57 Å². The third kappa shape index (κ3) is 4.52. The highest BCUT2D eigenvalue weighted by molar-refractivity contribution is 5.33. The summed E-state index contributed by atoms with van der Waals surface area (Å²) in [5.41, 5.74) is 7.03. The van der Waals surface area contributed by atoms with Crippen LogP contribution in [0.15, 0.2) is 59.8 Å². The van der Waals surface area contributed by atoms with Crippen LogP contribution in [0.5, 0.6) is 0 Å². The van der Waals surface area contributed by atoms with Gasteiger partial charge in [0.05, 0.1) is 13.2 Å². The predicted octanol–water partition coefficient (Wildman–Crippen LogP) is 5.12. The van der Waals surface area contributed by atoms with Crippen molar-refractivity contribution in [2.75, 3.05) is 14.2 Å². The fourth-order valence-corrected chi connectivity index (χ4v) is 5.03. The summed E-state index contributed by atoms with van der Waals surface area (Å²) in [5.74, 6) is -0.589. The van der Waals surface area contributed by atoms with Crippen molar-refractivity contribution in [2.45, 2.75) is 56.9 Å². The van der Waals surface area contributed by atoms with Gasteiger partial charge < -0.3 is 4.74 Å². The number of piperidine rings is 1. The number of likely N-dealkylation sites (N-methyl/N-ethyl adjacent to an activating group) is 1. The normalized spacial score (nSPS) is 25.2. The molecule has 4 rings (SSSR count). The number of hydrogen-bond acceptors (Lipinski definition) is 4. The zero-order valence-electron chi connectivity index (χ0n) is 18.3. The highest BCUT2D eigenvalue weighted by Crippen LogP contribution is 2.43. The van der Waals surface area contributed by atoms with Crippen molar-refractivity contribution in [3.05, 3.63) is 82.6 Å². The molecule has 2 fully saturated rings. The second-order valence-electron chi connectivity index (χ2n) is 8.35. The number of hydrogen-bond donors (Lipinski definition) is 1. The minimum absolute atomic E-state index is 0.119. The lowest BCUT2D eigenvalue weighted by Gasteiger charge is -2.41. The zero-order chi connectivity index (χ0) is 22.0. The Bertz CT molecular complexity index is 869. The van der Waals surface area contributed by atoms with Gasteiger partial charge in [0.25, 0.3) is 0 Å². The van der Waals surface area contributed by atoms with Crippen LogP contribution in [-0.4, -0.2) is 37.2 Å². The van der Waals surface area contributed by atoms with Crippen LogP contribution in [0.2, 0.25) is 0 Å². The summed E-state index contributed by atoms with van der Waals surface area (Å²) in [6, 6.07) is 13.5. The van der Waals surface area contributed by atoms with Gasteiger partial charge in [-0.1, -0.05) is 31.2 Å². The Kier molecular flexibility index (Phi) is 6.70. The second kappa shape index (κ2) is 9.47. The van der Waals surface area contributed by atoms with E-state index in [1.54, 1.807) is 31.4 Å². The number of ether oxygens (including phenoxy) is 1. The molecule has 2 aromatic rings. The SMILES string of the molecule is CCC(NOC)=C1[C@H](OC(c2ccc(F)cc2)c2ccc(F)cc2)CC2CC[C@@H]1N2C. The first kappa shape index (κ1) is 21.9. The maximum Gasteiger partial charge on any atom is 0.123 e. The first-order valence-electron chi connectivity index (χ1n) is 10.9. The third-order valence-electron chi connectivity index (χ3n) is 6.61. The topological polar surface area (TPSA) is 33.7 Å². The van der Waals surface area contributed by atoms with Gasteiger partial charge in [0.2, 0.25) is 0 Å².